The maximum atomic E-state index is 12.7. The Hall–Kier alpha value is -0.970. The molecule has 0 saturated heterocycles. The lowest BCUT2D eigenvalue weighted by Gasteiger charge is -2.10. The smallest absolute Gasteiger partial charge is 0.220 e. The molecule has 4 N–H and O–H groups in total. The number of hydrogen-bond donors (Lipinski definition) is 2. The van der Waals surface area contributed by atoms with Gasteiger partial charge in [-0.25, -0.2) is 4.39 Å². The number of alkyl halides is 1. The quantitative estimate of drug-likeness (QED) is 0.561. The van der Waals surface area contributed by atoms with Crippen molar-refractivity contribution in [1.29, 1.82) is 0 Å². The number of rotatable bonds is 4. The second kappa shape index (κ2) is 4.02. The summed E-state index contributed by atoms with van der Waals surface area (Å²) in [5, 5.41) is 0. The molecule has 0 aliphatic heterocycles. The van der Waals surface area contributed by atoms with E-state index in [1.54, 1.807) is 0 Å². The minimum atomic E-state index is -1.66. The zero-order chi connectivity index (χ0) is 9.02. The van der Waals surface area contributed by atoms with Crippen LogP contribution < -0.4 is 11.5 Å². The predicted octanol–water partition coefficient (Wildman–Crippen LogP) is -0.884. The van der Waals surface area contributed by atoms with Crippen LogP contribution in [0.25, 0.3) is 0 Å². The van der Waals surface area contributed by atoms with Crippen LogP contribution in [0.3, 0.4) is 0 Å². The number of halogens is 1. The van der Waals surface area contributed by atoms with Crippen molar-refractivity contribution in [1.82, 2.24) is 0 Å². The fourth-order valence-electron chi connectivity index (χ4n) is 0.574. The van der Waals surface area contributed by atoms with Crippen LogP contribution in [0.4, 0.5) is 4.39 Å². The highest BCUT2D eigenvalue weighted by Crippen LogP contribution is 2.02. The van der Waals surface area contributed by atoms with Crippen LogP contribution in [0.2, 0.25) is 0 Å². The molecule has 0 aliphatic rings. The molecule has 11 heavy (non-hydrogen) atoms. The average Bonchev–Trinajstić information content (AvgIpc) is 1.84. The number of carbonyl (C=O) groups excluding carboxylic acids is 2. The Kier molecular flexibility index (Phi) is 3.67. The normalized spacial score (nSPS) is 15.5. The molecule has 2 unspecified atom stereocenters. The van der Waals surface area contributed by atoms with Crippen molar-refractivity contribution in [3.63, 3.8) is 0 Å². The van der Waals surface area contributed by atoms with Gasteiger partial charge in [-0.15, -0.1) is 0 Å². The Balaban J connectivity index is 3.92. The molecule has 0 rings (SSSR count). The molecule has 0 radical (unpaired) electrons. The summed E-state index contributed by atoms with van der Waals surface area (Å²) in [7, 11) is 0. The molecule has 0 aliphatic carbocycles. The van der Waals surface area contributed by atoms with Gasteiger partial charge in [-0.2, -0.15) is 0 Å². The fourth-order valence-corrected chi connectivity index (χ4v) is 0.574. The topological polar surface area (TPSA) is 86.2 Å². The Labute approximate surface area is 63.7 Å². The summed E-state index contributed by atoms with van der Waals surface area (Å²) >= 11 is 0. The second-order valence-electron chi connectivity index (χ2n) is 2.32. The molecule has 5 heteroatoms. The zero-order valence-electron chi connectivity index (χ0n) is 6.21. The van der Waals surface area contributed by atoms with E-state index in [0.717, 1.165) is 6.92 Å². The third-order valence-corrected chi connectivity index (χ3v) is 1.26. The van der Waals surface area contributed by atoms with Gasteiger partial charge in [0.05, 0.1) is 12.5 Å². The third kappa shape index (κ3) is 3.67. The van der Waals surface area contributed by atoms with Gasteiger partial charge in [0.15, 0.2) is 0 Å². The Bertz CT molecular complexity index is 172. The van der Waals surface area contributed by atoms with Crippen molar-refractivity contribution < 1.29 is 14.0 Å². The van der Waals surface area contributed by atoms with E-state index in [2.05, 4.69) is 5.73 Å². The van der Waals surface area contributed by atoms with Gasteiger partial charge in [-0.1, -0.05) is 0 Å². The molecule has 0 aromatic rings. The Morgan fingerprint density at radius 1 is 1.55 bits per heavy atom. The largest absolute Gasteiger partial charge is 0.370 e. The molecular formula is C6H11FN2O2. The van der Waals surface area contributed by atoms with E-state index in [0.29, 0.717) is 0 Å². The number of nitrogens with two attached hydrogens (primary N) is 2. The van der Waals surface area contributed by atoms with E-state index in [9.17, 15) is 14.0 Å². The van der Waals surface area contributed by atoms with Crippen LogP contribution in [0.15, 0.2) is 0 Å². The van der Waals surface area contributed by atoms with Crippen molar-refractivity contribution in [3.05, 3.63) is 0 Å². The van der Waals surface area contributed by atoms with E-state index < -0.39 is 30.3 Å². The Morgan fingerprint density at radius 2 is 2.00 bits per heavy atom. The molecule has 0 aromatic heterocycles. The van der Waals surface area contributed by atoms with Crippen LogP contribution in [-0.4, -0.2) is 23.9 Å². The van der Waals surface area contributed by atoms with Crippen LogP contribution in [-0.2, 0) is 9.59 Å². The maximum absolute atomic E-state index is 12.7. The van der Waals surface area contributed by atoms with Gasteiger partial charge in [0.1, 0.15) is 12.0 Å². The van der Waals surface area contributed by atoms with Crippen molar-refractivity contribution >= 4 is 11.7 Å². The first-order valence-electron chi connectivity index (χ1n) is 3.13. The highest BCUT2D eigenvalue weighted by molar-refractivity contribution is 5.83. The average molecular weight is 161 g/mol. The highest BCUT2D eigenvalue weighted by Gasteiger charge is 2.22. The summed E-state index contributed by atoms with van der Waals surface area (Å²) in [5.41, 5.74) is 9.76. The lowest BCUT2D eigenvalue weighted by molar-refractivity contribution is -0.121. The first-order valence-corrected chi connectivity index (χ1v) is 3.13. The van der Waals surface area contributed by atoms with E-state index in [1.165, 1.54) is 0 Å². The number of amides is 1. The minimum Gasteiger partial charge on any atom is -0.370 e. The molecule has 0 spiro atoms. The molecule has 0 bridgehead atoms. The molecule has 2 atom stereocenters. The molecule has 0 aromatic carbocycles. The monoisotopic (exact) mass is 161 g/mol. The standard InChI is InChI=1S/C6H11FN2O2/c1-3(10)6(9)4(7)2-5(8)11/h4,6H,2,9H2,1H3,(H2,8,11)/i7-1. The van der Waals surface area contributed by atoms with Gasteiger partial charge in [0.2, 0.25) is 5.91 Å². The molecular weight excluding hydrogens is 150 g/mol. The third-order valence-electron chi connectivity index (χ3n) is 1.26. The number of Topliss-reactive ketones (excluding diaryl/α,β-unsaturated/α-hetero) is 1. The van der Waals surface area contributed by atoms with Crippen molar-refractivity contribution in [2.24, 2.45) is 11.5 Å². The fraction of sp³-hybridized carbons (Fsp3) is 0.667. The Morgan fingerprint density at radius 3 is 2.27 bits per heavy atom. The van der Waals surface area contributed by atoms with Crippen LogP contribution in [0.5, 0.6) is 0 Å². The minimum absolute atomic E-state index is 0.487. The second-order valence-corrected chi connectivity index (χ2v) is 2.32. The first kappa shape index (κ1) is 10.0. The SMILES string of the molecule is CC(=O)C(N)C([18F])CC(N)=O. The number of primary amides is 1. The van der Waals surface area contributed by atoms with Crippen LogP contribution in [0, 0.1) is 0 Å². The van der Waals surface area contributed by atoms with Crippen LogP contribution >= 0.6 is 0 Å². The van der Waals surface area contributed by atoms with Gasteiger partial charge in [-0.3, -0.25) is 9.59 Å². The first-order chi connectivity index (χ1) is 4.95. The van der Waals surface area contributed by atoms with Crippen molar-refractivity contribution in [2.45, 2.75) is 25.6 Å². The lowest BCUT2D eigenvalue weighted by atomic mass is 10.1. The zero-order valence-corrected chi connectivity index (χ0v) is 6.21. The van der Waals surface area contributed by atoms with Crippen LogP contribution in [0.1, 0.15) is 13.3 Å². The summed E-state index contributed by atoms with van der Waals surface area (Å²) in [4.78, 5) is 20.6. The molecule has 0 fully saturated rings. The highest BCUT2D eigenvalue weighted by atomic mass is 18.2. The molecule has 4 nitrogen and oxygen atoms in total. The van der Waals surface area contributed by atoms with Gasteiger partial charge >= 0.3 is 0 Å². The van der Waals surface area contributed by atoms with E-state index in [-0.39, 0.29) is 0 Å². The maximum Gasteiger partial charge on any atom is 0.220 e. The van der Waals surface area contributed by atoms with Crippen molar-refractivity contribution in [3.8, 4) is 0 Å². The summed E-state index contributed by atoms with van der Waals surface area (Å²) in [5.74, 6) is -1.28. The molecule has 1 amide bonds. The lowest BCUT2D eigenvalue weighted by Crippen LogP contribution is -2.40. The number of carbonyl (C=O) groups is 2. The van der Waals surface area contributed by atoms with Crippen molar-refractivity contribution in [2.75, 3.05) is 0 Å². The summed E-state index contributed by atoms with van der Waals surface area (Å²) in [6.45, 7) is 1.16. The van der Waals surface area contributed by atoms with Gasteiger partial charge in [-0.05, 0) is 6.92 Å². The summed E-state index contributed by atoms with van der Waals surface area (Å²) in [6.07, 6.45) is -2.16. The molecule has 64 valence electrons. The number of hydrogen-bond acceptors (Lipinski definition) is 3. The predicted molar refractivity (Wildman–Crippen MR) is 37.4 cm³/mol. The van der Waals surface area contributed by atoms with E-state index in [1.807, 2.05) is 0 Å². The van der Waals surface area contributed by atoms with Gasteiger partial charge < -0.3 is 11.5 Å². The number of ketones is 1. The molecule has 0 heterocycles. The van der Waals surface area contributed by atoms with Gasteiger partial charge in [0.25, 0.3) is 0 Å². The van der Waals surface area contributed by atoms with Gasteiger partial charge in [0, 0.05) is 0 Å². The summed E-state index contributed by atoms with van der Waals surface area (Å²) < 4.78 is 12.7. The van der Waals surface area contributed by atoms with E-state index >= 15 is 0 Å². The van der Waals surface area contributed by atoms with E-state index in [4.69, 9.17) is 5.73 Å². The molecule has 0 saturated carbocycles. The summed E-state index contributed by atoms with van der Waals surface area (Å²) in [6, 6.07) is -1.23.